The molecule has 21 heavy (non-hydrogen) atoms. The highest BCUT2D eigenvalue weighted by Gasteiger charge is 2.13. The first-order valence-electron chi connectivity index (χ1n) is 6.89. The number of rotatable bonds is 10. The Balaban J connectivity index is 2.33. The lowest BCUT2D eigenvalue weighted by molar-refractivity contribution is 0.0596. The Labute approximate surface area is 130 Å². The number of carbonyl (C=O) groups excluding carboxylic acids is 1. The van der Waals surface area contributed by atoms with E-state index in [-0.39, 0.29) is 0 Å². The van der Waals surface area contributed by atoms with E-state index < -0.39 is 5.97 Å². The maximum atomic E-state index is 11.6. The van der Waals surface area contributed by atoms with Gasteiger partial charge in [0.15, 0.2) is 0 Å². The van der Waals surface area contributed by atoms with Crippen molar-refractivity contribution >= 4 is 17.6 Å². The van der Waals surface area contributed by atoms with E-state index in [0.29, 0.717) is 29.5 Å². The van der Waals surface area contributed by atoms with Gasteiger partial charge in [-0.1, -0.05) is 11.6 Å². The van der Waals surface area contributed by atoms with Gasteiger partial charge < -0.3 is 19.5 Å². The van der Waals surface area contributed by atoms with Crippen molar-refractivity contribution < 1.29 is 19.0 Å². The molecule has 1 aromatic rings. The molecule has 0 spiro atoms. The predicted molar refractivity (Wildman–Crippen MR) is 82.3 cm³/mol. The van der Waals surface area contributed by atoms with Crippen molar-refractivity contribution in [1.82, 2.24) is 5.32 Å². The highest BCUT2D eigenvalue weighted by molar-refractivity contribution is 6.31. The summed E-state index contributed by atoms with van der Waals surface area (Å²) < 4.78 is 15.3. The van der Waals surface area contributed by atoms with Gasteiger partial charge >= 0.3 is 5.97 Å². The molecule has 0 fully saturated rings. The monoisotopic (exact) mass is 315 g/mol. The minimum absolute atomic E-state index is 0.350. The van der Waals surface area contributed by atoms with Crippen molar-refractivity contribution in [3.63, 3.8) is 0 Å². The summed E-state index contributed by atoms with van der Waals surface area (Å²) in [6.07, 6.45) is 1.88. The molecule has 118 valence electrons. The number of hydrogen-bond acceptors (Lipinski definition) is 5. The fraction of sp³-hybridized carbons (Fsp3) is 0.533. The van der Waals surface area contributed by atoms with Crippen LogP contribution in [0.25, 0.3) is 0 Å². The van der Waals surface area contributed by atoms with Crippen LogP contribution < -0.4 is 10.1 Å². The SMILES string of the molecule is COCCNCCCCOc1ccc(Cl)cc1C(=O)OC. The molecule has 0 aliphatic rings. The Hall–Kier alpha value is -1.30. The standard InChI is InChI=1S/C15H22ClNO4/c1-19-10-8-17-7-3-4-9-21-14-6-5-12(16)11-13(14)15(18)20-2/h5-6,11,17H,3-4,7-10H2,1-2H3. The summed E-state index contributed by atoms with van der Waals surface area (Å²) in [6.45, 7) is 3.01. The molecular formula is C15H22ClNO4. The second kappa shape index (κ2) is 10.4. The predicted octanol–water partition coefficient (Wildman–Crippen LogP) is 2.52. The van der Waals surface area contributed by atoms with Gasteiger partial charge in [-0.15, -0.1) is 0 Å². The van der Waals surface area contributed by atoms with Gasteiger partial charge in [-0.25, -0.2) is 4.79 Å². The largest absolute Gasteiger partial charge is 0.493 e. The number of ether oxygens (including phenoxy) is 3. The zero-order valence-electron chi connectivity index (χ0n) is 12.5. The summed E-state index contributed by atoms with van der Waals surface area (Å²) in [5.41, 5.74) is 0.350. The van der Waals surface area contributed by atoms with Crippen molar-refractivity contribution in [3.05, 3.63) is 28.8 Å². The zero-order chi connectivity index (χ0) is 15.5. The highest BCUT2D eigenvalue weighted by atomic mass is 35.5. The number of unbranched alkanes of at least 4 members (excludes halogenated alkanes) is 1. The van der Waals surface area contributed by atoms with E-state index in [0.717, 1.165) is 25.9 Å². The lowest BCUT2D eigenvalue weighted by Crippen LogP contribution is -2.20. The molecule has 0 aromatic heterocycles. The number of nitrogens with one attached hydrogen (secondary N) is 1. The van der Waals surface area contributed by atoms with Crippen molar-refractivity contribution in [2.75, 3.05) is 40.5 Å². The number of halogens is 1. The van der Waals surface area contributed by atoms with Gasteiger partial charge in [0.25, 0.3) is 0 Å². The molecule has 0 radical (unpaired) electrons. The molecule has 6 heteroatoms. The van der Waals surface area contributed by atoms with Crippen LogP contribution in [0.1, 0.15) is 23.2 Å². The van der Waals surface area contributed by atoms with Crippen LogP contribution in [0.15, 0.2) is 18.2 Å². The van der Waals surface area contributed by atoms with E-state index in [1.165, 1.54) is 7.11 Å². The first-order valence-corrected chi connectivity index (χ1v) is 7.27. The third-order valence-corrected chi connectivity index (χ3v) is 3.07. The first-order chi connectivity index (χ1) is 10.2. The van der Waals surface area contributed by atoms with E-state index in [1.807, 2.05) is 0 Å². The Morgan fingerprint density at radius 3 is 2.71 bits per heavy atom. The van der Waals surface area contributed by atoms with E-state index >= 15 is 0 Å². The summed E-state index contributed by atoms with van der Waals surface area (Å²) in [5.74, 6) is 0.0484. The van der Waals surface area contributed by atoms with Gasteiger partial charge in [0, 0.05) is 18.7 Å². The molecule has 1 N–H and O–H groups in total. The average molecular weight is 316 g/mol. The summed E-state index contributed by atoms with van der Waals surface area (Å²) in [7, 11) is 3.01. The van der Waals surface area contributed by atoms with E-state index in [1.54, 1.807) is 25.3 Å². The Morgan fingerprint density at radius 1 is 1.19 bits per heavy atom. The minimum Gasteiger partial charge on any atom is -0.493 e. The van der Waals surface area contributed by atoms with E-state index in [2.05, 4.69) is 5.32 Å². The molecule has 0 unspecified atom stereocenters. The maximum Gasteiger partial charge on any atom is 0.341 e. The summed E-state index contributed by atoms with van der Waals surface area (Å²) >= 11 is 5.88. The number of esters is 1. The summed E-state index contributed by atoms with van der Waals surface area (Å²) in [4.78, 5) is 11.6. The topological polar surface area (TPSA) is 56.8 Å². The fourth-order valence-corrected chi connectivity index (χ4v) is 1.90. The lowest BCUT2D eigenvalue weighted by atomic mass is 10.2. The van der Waals surface area contributed by atoms with Crippen LogP contribution in [-0.4, -0.2) is 46.5 Å². The lowest BCUT2D eigenvalue weighted by Gasteiger charge is -2.10. The Morgan fingerprint density at radius 2 is 2.00 bits per heavy atom. The molecule has 1 rings (SSSR count). The van der Waals surface area contributed by atoms with E-state index in [9.17, 15) is 4.79 Å². The number of benzene rings is 1. The van der Waals surface area contributed by atoms with Gasteiger partial charge in [-0.2, -0.15) is 0 Å². The summed E-state index contributed by atoms with van der Waals surface area (Å²) in [5, 5.41) is 3.74. The van der Waals surface area contributed by atoms with Crippen LogP contribution in [0.5, 0.6) is 5.75 Å². The van der Waals surface area contributed by atoms with Crippen LogP contribution >= 0.6 is 11.6 Å². The van der Waals surface area contributed by atoms with E-state index in [4.69, 9.17) is 25.8 Å². The molecule has 0 amide bonds. The Kier molecular flexibility index (Phi) is 8.82. The van der Waals surface area contributed by atoms with Gasteiger partial charge in [0.1, 0.15) is 11.3 Å². The zero-order valence-corrected chi connectivity index (χ0v) is 13.2. The maximum absolute atomic E-state index is 11.6. The van der Waals surface area contributed by atoms with Gasteiger partial charge in [0.05, 0.1) is 20.3 Å². The van der Waals surface area contributed by atoms with Gasteiger partial charge in [-0.3, -0.25) is 0 Å². The number of carbonyl (C=O) groups is 1. The van der Waals surface area contributed by atoms with Crippen LogP contribution in [-0.2, 0) is 9.47 Å². The highest BCUT2D eigenvalue weighted by Crippen LogP contribution is 2.23. The third kappa shape index (κ3) is 6.80. The molecule has 5 nitrogen and oxygen atoms in total. The normalized spacial score (nSPS) is 10.4. The van der Waals surface area contributed by atoms with Crippen molar-refractivity contribution in [2.45, 2.75) is 12.8 Å². The minimum atomic E-state index is -0.450. The Bertz CT molecular complexity index is 440. The molecule has 0 saturated heterocycles. The smallest absolute Gasteiger partial charge is 0.341 e. The average Bonchev–Trinajstić information content (AvgIpc) is 2.50. The number of hydrogen-bond donors (Lipinski definition) is 1. The first kappa shape index (κ1) is 17.8. The molecule has 0 heterocycles. The molecule has 1 aromatic carbocycles. The second-order valence-corrected chi connectivity index (χ2v) is 4.87. The van der Waals surface area contributed by atoms with Crippen molar-refractivity contribution in [1.29, 1.82) is 0 Å². The van der Waals surface area contributed by atoms with Gasteiger partial charge in [0.2, 0.25) is 0 Å². The fourth-order valence-electron chi connectivity index (χ4n) is 1.73. The molecule has 0 aliphatic carbocycles. The van der Waals surface area contributed by atoms with Gasteiger partial charge in [-0.05, 0) is 37.6 Å². The van der Waals surface area contributed by atoms with Crippen molar-refractivity contribution in [2.24, 2.45) is 0 Å². The molecule has 0 bridgehead atoms. The summed E-state index contributed by atoms with van der Waals surface area (Å²) in [6, 6.07) is 4.93. The van der Waals surface area contributed by atoms with Crippen molar-refractivity contribution in [3.8, 4) is 5.75 Å². The van der Waals surface area contributed by atoms with Crippen LogP contribution in [0.3, 0.4) is 0 Å². The quantitative estimate of drug-likeness (QED) is 0.531. The molecule has 0 atom stereocenters. The van der Waals surface area contributed by atoms with Crippen LogP contribution in [0.4, 0.5) is 0 Å². The molecule has 0 aliphatic heterocycles. The molecular weight excluding hydrogens is 294 g/mol. The number of methoxy groups -OCH3 is 2. The molecule has 0 saturated carbocycles. The van der Waals surface area contributed by atoms with Crippen LogP contribution in [0, 0.1) is 0 Å². The second-order valence-electron chi connectivity index (χ2n) is 4.43. The van der Waals surface area contributed by atoms with Crippen LogP contribution in [0.2, 0.25) is 5.02 Å². The third-order valence-electron chi connectivity index (χ3n) is 2.84.